The van der Waals surface area contributed by atoms with Crippen LogP contribution in [0, 0.1) is 0 Å². The van der Waals surface area contributed by atoms with E-state index in [0.717, 1.165) is 29.3 Å². The highest BCUT2D eigenvalue weighted by atomic mass is 79.9. The number of nitrogens with zero attached hydrogens (tertiary/aromatic N) is 2. The van der Waals surface area contributed by atoms with E-state index in [4.69, 9.17) is 0 Å². The monoisotopic (exact) mass is 424 g/mol. The molecule has 0 aliphatic carbocycles. The van der Waals surface area contributed by atoms with Crippen molar-refractivity contribution in [3.05, 3.63) is 34.3 Å². The predicted octanol–water partition coefficient (Wildman–Crippen LogP) is 4.20. The maximum atomic E-state index is 12.4. The molecule has 1 amide bonds. The lowest BCUT2D eigenvalue weighted by Gasteiger charge is -2.38. The molecule has 1 aliphatic rings. The molecule has 5 heteroatoms. The Balaban J connectivity index is 2.08. The van der Waals surface area contributed by atoms with Crippen LogP contribution < -0.4 is 0 Å². The molecular weight excluding hydrogens is 392 g/mol. The Bertz CT molecular complexity index is 568. The maximum Gasteiger partial charge on any atom is 0.223 e. The average molecular weight is 425 g/mol. The zero-order chi connectivity index (χ0) is 19.3. The van der Waals surface area contributed by atoms with Crippen LogP contribution in [0.3, 0.4) is 0 Å². The summed E-state index contributed by atoms with van der Waals surface area (Å²) in [5, 5.41) is 11.0. The number of aliphatic hydroxyl groups is 1. The van der Waals surface area contributed by atoms with E-state index in [1.54, 1.807) is 0 Å². The number of carbonyl (C=O) groups is 1. The molecule has 4 atom stereocenters. The number of hydrogen-bond donors (Lipinski definition) is 1. The molecule has 2 unspecified atom stereocenters. The number of likely N-dealkylation sites (tertiary alicyclic amines) is 1. The Morgan fingerprint density at radius 2 is 1.77 bits per heavy atom. The lowest BCUT2D eigenvalue weighted by molar-refractivity contribution is -0.131. The lowest BCUT2D eigenvalue weighted by Crippen LogP contribution is -2.50. The molecule has 1 heterocycles. The van der Waals surface area contributed by atoms with Crippen molar-refractivity contribution < 1.29 is 9.90 Å². The molecule has 146 valence electrons. The fourth-order valence-electron chi connectivity index (χ4n) is 3.75. The van der Waals surface area contributed by atoms with Gasteiger partial charge < -0.3 is 10.0 Å². The summed E-state index contributed by atoms with van der Waals surface area (Å²) < 4.78 is 1.03. The molecule has 0 spiro atoms. The van der Waals surface area contributed by atoms with Gasteiger partial charge in [-0.1, -0.05) is 41.9 Å². The molecule has 0 aromatic heterocycles. The van der Waals surface area contributed by atoms with Crippen LogP contribution in [0.1, 0.15) is 58.9 Å². The molecule has 1 aromatic rings. The molecule has 0 radical (unpaired) electrons. The van der Waals surface area contributed by atoms with Crippen molar-refractivity contribution >= 4 is 21.8 Å². The van der Waals surface area contributed by atoms with Gasteiger partial charge in [-0.15, -0.1) is 0 Å². The summed E-state index contributed by atoms with van der Waals surface area (Å²) in [5.74, 6) is 0.149. The molecule has 1 N–H and O–H groups in total. The first-order chi connectivity index (χ1) is 12.4. The number of carbonyl (C=O) groups excluding carboxylic acids is 1. The zero-order valence-electron chi connectivity index (χ0n) is 16.5. The highest BCUT2D eigenvalue weighted by Crippen LogP contribution is 2.26. The lowest BCUT2D eigenvalue weighted by atomic mass is 10.0. The number of benzene rings is 1. The number of rotatable bonds is 9. The van der Waals surface area contributed by atoms with Gasteiger partial charge in [0.05, 0.1) is 12.1 Å². The summed E-state index contributed by atoms with van der Waals surface area (Å²) in [6, 6.07) is 8.81. The van der Waals surface area contributed by atoms with E-state index in [9.17, 15) is 9.90 Å². The maximum absolute atomic E-state index is 12.4. The summed E-state index contributed by atoms with van der Waals surface area (Å²) in [5.41, 5.74) is 1.10. The van der Waals surface area contributed by atoms with Gasteiger partial charge in [0.15, 0.2) is 0 Å². The summed E-state index contributed by atoms with van der Waals surface area (Å²) in [4.78, 5) is 16.7. The van der Waals surface area contributed by atoms with Gasteiger partial charge >= 0.3 is 0 Å². The van der Waals surface area contributed by atoms with E-state index >= 15 is 0 Å². The summed E-state index contributed by atoms with van der Waals surface area (Å²) in [6.07, 6.45) is 2.88. The SMILES string of the molecule is CCC(C)N(C[C@@H](O)[C@@H]1CCC(=O)N1Cc1ccc(Br)cc1)C(C)CC. The summed E-state index contributed by atoms with van der Waals surface area (Å²) in [7, 11) is 0. The standard InChI is InChI=1S/C21H33BrN2O2/c1-5-15(3)23(16(4)6-2)14-20(25)19-11-12-21(26)24(19)13-17-7-9-18(22)10-8-17/h7-10,15-16,19-20,25H,5-6,11-14H2,1-4H3/t15?,16?,19-,20+/m0/s1. The van der Waals surface area contributed by atoms with Gasteiger partial charge in [0.2, 0.25) is 5.91 Å². The average Bonchev–Trinajstić information content (AvgIpc) is 3.00. The second-order valence-corrected chi connectivity index (χ2v) is 8.45. The van der Waals surface area contributed by atoms with Crippen LogP contribution >= 0.6 is 15.9 Å². The third-order valence-electron chi connectivity index (χ3n) is 5.80. The third-order valence-corrected chi connectivity index (χ3v) is 6.33. The molecular formula is C21H33BrN2O2. The van der Waals surface area contributed by atoms with Gasteiger partial charge in [0.25, 0.3) is 0 Å². The minimum absolute atomic E-state index is 0.0956. The fraction of sp³-hybridized carbons (Fsp3) is 0.667. The minimum Gasteiger partial charge on any atom is -0.390 e. The van der Waals surface area contributed by atoms with Crippen molar-refractivity contribution in [3.8, 4) is 0 Å². The van der Waals surface area contributed by atoms with E-state index in [1.807, 2.05) is 29.2 Å². The quantitative estimate of drug-likeness (QED) is 0.645. The van der Waals surface area contributed by atoms with Gasteiger partial charge in [0.1, 0.15) is 0 Å². The van der Waals surface area contributed by atoms with Crippen LogP contribution in [-0.2, 0) is 11.3 Å². The van der Waals surface area contributed by atoms with Gasteiger partial charge in [-0.2, -0.15) is 0 Å². The van der Waals surface area contributed by atoms with E-state index in [1.165, 1.54) is 0 Å². The largest absolute Gasteiger partial charge is 0.390 e. The number of halogens is 1. The predicted molar refractivity (Wildman–Crippen MR) is 110 cm³/mol. The Kier molecular flexibility index (Phi) is 8.11. The third kappa shape index (κ3) is 5.30. The number of aliphatic hydroxyl groups excluding tert-OH is 1. The first-order valence-electron chi connectivity index (χ1n) is 9.85. The van der Waals surface area contributed by atoms with Crippen LogP contribution in [0.2, 0.25) is 0 Å². The Morgan fingerprint density at radius 1 is 1.19 bits per heavy atom. The number of hydrogen-bond acceptors (Lipinski definition) is 3. The van der Waals surface area contributed by atoms with E-state index in [-0.39, 0.29) is 11.9 Å². The first-order valence-corrected chi connectivity index (χ1v) is 10.6. The Labute approximate surface area is 166 Å². The van der Waals surface area contributed by atoms with Crippen molar-refractivity contribution in [2.24, 2.45) is 0 Å². The van der Waals surface area contributed by atoms with Gasteiger partial charge in [-0.05, 0) is 50.8 Å². The molecule has 1 aliphatic heterocycles. The van der Waals surface area contributed by atoms with Crippen LogP contribution in [0.5, 0.6) is 0 Å². The fourth-order valence-corrected chi connectivity index (χ4v) is 4.01. The van der Waals surface area contributed by atoms with Gasteiger partial charge in [-0.25, -0.2) is 0 Å². The van der Waals surface area contributed by atoms with E-state index in [0.29, 0.717) is 31.6 Å². The molecule has 1 fully saturated rings. The van der Waals surface area contributed by atoms with E-state index < -0.39 is 6.10 Å². The number of amides is 1. The highest BCUT2D eigenvalue weighted by molar-refractivity contribution is 9.10. The first kappa shape index (κ1) is 21.4. The van der Waals surface area contributed by atoms with Crippen molar-refractivity contribution in [2.45, 2.75) is 84.2 Å². The minimum atomic E-state index is -0.514. The summed E-state index contributed by atoms with van der Waals surface area (Å²) in [6.45, 7) is 10.0. The molecule has 2 rings (SSSR count). The molecule has 0 bridgehead atoms. The van der Waals surface area contributed by atoms with E-state index in [2.05, 4.69) is 48.5 Å². The second kappa shape index (κ2) is 9.86. The van der Waals surface area contributed by atoms with Crippen LogP contribution in [0.4, 0.5) is 0 Å². The molecule has 4 nitrogen and oxygen atoms in total. The van der Waals surface area contributed by atoms with Gasteiger partial charge in [-0.3, -0.25) is 9.69 Å². The Hall–Kier alpha value is -0.910. The van der Waals surface area contributed by atoms with Crippen LogP contribution in [-0.4, -0.2) is 51.6 Å². The van der Waals surface area contributed by atoms with Crippen LogP contribution in [0.15, 0.2) is 28.7 Å². The van der Waals surface area contributed by atoms with Crippen LogP contribution in [0.25, 0.3) is 0 Å². The smallest absolute Gasteiger partial charge is 0.223 e. The van der Waals surface area contributed by atoms with Crippen molar-refractivity contribution in [2.75, 3.05) is 6.54 Å². The Morgan fingerprint density at radius 3 is 2.31 bits per heavy atom. The van der Waals surface area contributed by atoms with Crippen molar-refractivity contribution in [1.82, 2.24) is 9.80 Å². The summed E-state index contributed by atoms with van der Waals surface area (Å²) >= 11 is 3.45. The molecule has 0 saturated carbocycles. The van der Waals surface area contributed by atoms with Crippen molar-refractivity contribution in [1.29, 1.82) is 0 Å². The van der Waals surface area contributed by atoms with Crippen molar-refractivity contribution in [3.63, 3.8) is 0 Å². The second-order valence-electron chi connectivity index (χ2n) is 7.53. The normalized spacial score (nSPS) is 21.3. The molecule has 1 saturated heterocycles. The highest BCUT2D eigenvalue weighted by Gasteiger charge is 2.37. The molecule has 1 aromatic carbocycles. The van der Waals surface area contributed by atoms with Gasteiger partial charge in [0, 0.05) is 36.1 Å². The topological polar surface area (TPSA) is 43.8 Å². The molecule has 26 heavy (non-hydrogen) atoms. The zero-order valence-corrected chi connectivity index (χ0v) is 18.1.